The van der Waals surface area contributed by atoms with Gasteiger partial charge in [-0.1, -0.05) is 12.1 Å². The summed E-state index contributed by atoms with van der Waals surface area (Å²) in [6, 6.07) is 5.59. The van der Waals surface area contributed by atoms with Gasteiger partial charge in [0.25, 0.3) is 0 Å². The normalized spacial score (nSPS) is 22.6. The molecule has 0 aromatic heterocycles. The third kappa shape index (κ3) is 3.77. The Morgan fingerprint density at radius 3 is 2.65 bits per heavy atom. The molecule has 4 nitrogen and oxygen atoms in total. The zero-order valence-electron chi connectivity index (χ0n) is 11.6. The standard InChI is InChI=1S/C14H21FN2O2S/c1-11(16)13-3-2-8-17(9-13)20(18,19)10-12-4-6-14(15)7-5-12/h4-7,11,13H,2-3,8-10,16H2,1H3/t11-,13+/m0/s1. The number of rotatable bonds is 4. The fraction of sp³-hybridized carbons (Fsp3) is 0.571. The van der Waals surface area contributed by atoms with E-state index in [4.69, 9.17) is 5.73 Å². The molecule has 2 rings (SSSR count). The lowest BCUT2D eigenvalue weighted by atomic mass is 9.93. The van der Waals surface area contributed by atoms with E-state index in [2.05, 4.69) is 0 Å². The highest BCUT2D eigenvalue weighted by molar-refractivity contribution is 7.88. The highest BCUT2D eigenvalue weighted by atomic mass is 32.2. The molecular formula is C14H21FN2O2S. The van der Waals surface area contributed by atoms with E-state index < -0.39 is 10.0 Å². The van der Waals surface area contributed by atoms with Crippen LogP contribution in [0.4, 0.5) is 4.39 Å². The number of hydrogen-bond acceptors (Lipinski definition) is 3. The maximum atomic E-state index is 12.8. The molecule has 1 aromatic rings. The molecule has 0 bridgehead atoms. The SMILES string of the molecule is C[C@H](N)[C@@H]1CCCN(S(=O)(=O)Cc2ccc(F)cc2)C1. The minimum Gasteiger partial charge on any atom is -0.328 e. The Morgan fingerprint density at radius 1 is 1.40 bits per heavy atom. The van der Waals surface area contributed by atoms with E-state index in [1.807, 2.05) is 6.92 Å². The van der Waals surface area contributed by atoms with Crippen LogP contribution in [0.3, 0.4) is 0 Å². The summed E-state index contributed by atoms with van der Waals surface area (Å²) in [5.41, 5.74) is 6.48. The fourth-order valence-corrected chi connectivity index (χ4v) is 4.16. The molecule has 0 amide bonds. The first-order chi connectivity index (χ1) is 9.38. The van der Waals surface area contributed by atoms with Crippen molar-refractivity contribution < 1.29 is 12.8 Å². The van der Waals surface area contributed by atoms with Crippen molar-refractivity contribution in [2.45, 2.75) is 31.6 Å². The van der Waals surface area contributed by atoms with E-state index in [0.717, 1.165) is 12.8 Å². The molecule has 1 aromatic carbocycles. The molecule has 0 spiro atoms. The minimum atomic E-state index is -3.36. The van der Waals surface area contributed by atoms with Crippen molar-refractivity contribution in [1.29, 1.82) is 0 Å². The van der Waals surface area contributed by atoms with Crippen molar-refractivity contribution in [3.05, 3.63) is 35.6 Å². The van der Waals surface area contributed by atoms with Crippen LogP contribution in [0.25, 0.3) is 0 Å². The Hall–Kier alpha value is -0.980. The number of benzene rings is 1. The van der Waals surface area contributed by atoms with Crippen LogP contribution in [-0.4, -0.2) is 31.9 Å². The average molecular weight is 300 g/mol. The number of halogens is 1. The zero-order valence-corrected chi connectivity index (χ0v) is 12.4. The smallest absolute Gasteiger partial charge is 0.218 e. The van der Waals surface area contributed by atoms with Gasteiger partial charge in [0.15, 0.2) is 0 Å². The van der Waals surface area contributed by atoms with E-state index in [0.29, 0.717) is 18.7 Å². The number of piperidine rings is 1. The first kappa shape index (κ1) is 15.4. The van der Waals surface area contributed by atoms with Crippen LogP contribution < -0.4 is 5.73 Å². The second kappa shape index (κ2) is 6.20. The van der Waals surface area contributed by atoms with Gasteiger partial charge in [0.1, 0.15) is 5.82 Å². The van der Waals surface area contributed by atoms with Gasteiger partial charge in [-0.3, -0.25) is 0 Å². The van der Waals surface area contributed by atoms with Gasteiger partial charge in [-0.25, -0.2) is 17.1 Å². The molecule has 0 aliphatic carbocycles. The number of nitrogens with zero attached hydrogens (tertiary/aromatic N) is 1. The van der Waals surface area contributed by atoms with Crippen LogP contribution in [0.15, 0.2) is 24.3 Å². The Balaban J connectivity index is 2.08. The van der Waals surface area contributed by atoms with E-state index in [1.54, 1.807) is 0 Å². The first-order valence-corrected chi connectivity index (χ1v) is 8.47. The number of nitrogens with two attached hydrogens (primary N) is 1. The molecule has 1 fully saturated rings. The van der Waals surface area contributed by atoms with Gasteiger partial charge >= 0.3 is 0 Å². The van der Waals surface area contributed by atoms with Crippen LogP contribution in [0.2, 0.25) is 0 Å². The quantitative estimate of drug-likeness (QED) is 0.921. The van der Waals surface area contributed by atoms with Crippen molar-refractivity contribution in [3.8, 4) is 0 Å². The van der Waals surface area contributed by atoms with Crippen LogP contribution in [0.5, 0.6) is 0 Å². The Bertz CT molecular complexity index is 543. The van der Waals surface area contributed by atoms with Crippen molar-refractivity contribution in [2.75, 3.05) is 13.1 Å². The summed E-state index contributed by atoms with van der Waals surface area (Å²) in [5.74, 6) is -0.230. The van der Waals surface area contributed by atoms with E-state index in [9.17, 15) is 12.8 Å². The topological polar surface area (TPSA) is 63.4 Å². The zero-order chi connectivity index (χ0) is 14.8. The van der Waals surface area contributed by atoms with Gasteiger partial charge < -0.3 is 5.73 Å². The summed E-state index contributed by atoms with van der Waals surface area (Å²) < 4.78 is 39.2. The van der Waals surface area contributed by atoms with Gasteiger partial charge in [-0.05, 0) is 43.4 Å². The molecule has 1 aliphatic heterocycles. The predicted molar refractivity (Wildman–Crippen MR) is 77.0 cm³/mol. The van der Waals surface area contributed by atoms with E-state index in [-0.39, 0.29) is 23.5 Å². The largest absolute Gasteiger partial charge is 0.328 e. The highest BCUT2D eigenvalue weighted by Gasteiger charge is 2.30. The molecule has 2 N–H and O–H groups in total. The lowest BCUT2D eigenvalue weighted by Crippen LogP contribution is -2.45. The Kier molecular flexibility index (Phi) is 4.78. The monoisotopic (exact) mass is 300 g/mol. The van der Waals surface area contributed by atoms with Crippen molar-refractivity contribution in [3.63, 3.8) is 0 Å². The summed E-state index contributed by atoms with van der Waals surface area (Å²) in [6.45, 7) is 2.95. The molecule has 6 heteroatoms. The van der Waals surface area contributed by atoms with Crippen molar-refractivity contribution >= 4 is 10.0 Å². The summed E-state index contributed by atoms with van der Waals surface area (Å²) in [5, 5.41) is 0. The van der Waals surface area contributed by atoms with Crippen LogP contribution in [0.1, 0.15) is 25.3 Å². The van der Waals surface area contributed by atoms with Gasteiger partial charge in [0.05, 0.1) is 5.75 Å². The molecule has 2 atom stereocenters. The average Bonchev–Trinajstić information content (AvgIpc) is 2.41. The van der Waals surface area contributed by atoms with Gasteiger partial charge in [0, 0.05) is 19.1 Å². The lowest BCUT2D eigenvalue weighted by Gasteiger charge is -2.33. The van der Waals surface area contributed by atoms with Crippen LogP contribution >= 0.6 is 0 Å². The lowest BCUT2D eigenvalue weighted by molar-refractivity contribution is 0.243. The first-order valence-electron chi connectivity index (χ1n) is 6.86. The summed E-state index contributed by atoms with van der Waals surface area (Å²) in [6.07, 6.45) is 1.81. The maximum Gasteiger partial charge on any atom is 0.218 e. The van der Waals surface area contributed by atoms with Gasteiger partial charge in [0.2, 0.25) is 10.0 Å². The number of hydrogen-bond donors (Lipinski definition) is 1. The Morgan fingerprint density at radius 2 is 2.05 bits per heavy atom. The van der Waals surface area contributed by atoms with Crippen molar-refractivity contribution in [1.82, 2.24) is 4.31 Å². The van der Waals surface area contributed by atoms with Gasteiger partial charge in [-0.2, -0.15) is 0 Å². The molecule has 20 heavy (non-hydrogen) atoms. The summed E-state index contributed by atoms with van der Waals surface area (Å²) in [4.78, 5) is 0. The molecule has 1 saturated heterocycles. The molecule has 1 aliphatic rings. The molecular weight excluding hydrogens is 279 g/mol. The third-order valence-electron chi connectivity index (χ3n) is 3.82. The predicted octanol–water partition coefficient (Wildman–Crippen LogP) is 1.71. The fourth-order valence-electron chi connectivity index (χ4n) is 2.54. The third-order valence-corrected chi connectivity index (χ3v) is 5.64. The highest BCUT2D eigenvalue weighted by Crippen LogP contribution is 2.23. The second-order valence-corrected chi connectivity index (χ2v) is 7.47. The number of sulfonamides is 1. The van der Waals surface area contributed by atoms with Crippen molar-refractivity contribution in [2.24, 2.45) is 11.7 Å². The molecule has 112 valence electrons. The molecule has 0 saturated carbocycles. The van der Waals surface area contributed by atoms with Crippen LogP contribution in [-0.2, 0) is 15.8 Å². The van der Waals surface area contributed by atoms with E-state index >= 15 is 0 Å². The Labute approximate surface area is 119 Å². The summed E-state index contributed by atoms with van der Waals surface area (Å²) >= 11 is 0. The minimum absolute atomic E-state index is 0.00109. The molecule has 0 radical (unpaired) electrons. The molecule has 0 unspecified atom stereocenters. The summed E-state index contributed by atoms with van der Waals surface area (Å²) in [7, 11) is -3.36. The second-order valence-electron chi connectivity index (χ2n) is 5.50. The van der Waals surface area contributed by atoms with Crippen LogP contribution in [0, 0.1) is 11.7 Å². The van der Waals surface area contributed by atoms with Gasteiger partial charge in [-0.15, -0.1) is 0 Å². The molecule has 1 heterocycles. The van der Waals surface area contributed by atoms with E-state index in [1.165, 1.54) is 28.6 Å². The maximum absolute atomic E-state index is 12.8.